The number of imide groups is 1. The van der Waals surface area contributed by atoms with Crippen molar-refractivity contribution in [3.63, 3.8) is 0 Å². The Bertz CT molecular complexity index is 1920. The lowest BCUT2D eigenvalue weighted by atomic mass is 9.68. The average Bonchev–Trinajstić information content (AvgIpc) is 3.74. The number of likely N-dealkylation sites (tertiary alicyclic amines) is 1. The number of benzene rings is 2. The first-order valence-corrected chi connectivity index (χ1v) is 17.8. The number of carbonyl (C=O) groups excluding carboxylic acids is 3. The number of aromatic amines is 1. The summed E-state index contributed by atoms with van der Waals surface area (Å²) in [5, 5.41) is 17.7. The van der Waals surface area contributed by atoms with Gasteiger partial charge in [-0.1, -0.05) is 23.5 Å². The van der Waals surface area contributed by atoms with Crippen LogP contribution in [0.4, 0.5) is 5.69 Å². The van der Waals surface area contributed by atoms with Crippen LogP contribution in [0.2, 0.25) is 0 Å². The van der Waals surface area contributed by atoms with E-state index >= 15 is 0 Å². The van der Waals surface area contributed by atoms with Crippen molar-refractivity contribution < 1.29 is 37.4 Å². The van der Waals surface area contributed by atoms with Gasteiger partial charge in [-0.3, -0.25) is 28.9 Å². The topological polar surface area (TPSA) is 206 Å². The highest BCUT2D eigenvalue weighted by Gasteiger charge is 2.69. The van der Waals surface area contributed by atoms with E-state index in [0.29, 0.717) is 11.4 Å². The number of hydrogen-bond donors (Lipinski definition) is 4. The molecule has 3 amide bonds. The molecule has 2 aliphatic carbocycles. The fourth-order valence-corrected chi connectivity index (χ4v) is 11.1. The summed E-state index contributed by atoms with van der Waals surface area (Å²) in [4.78, 5) is 67.7. The van der Waals surface area contributed by atoms with Crippen LogP contribution in [0.25, 0.3) is 0 Å². The molecule has 4 aliphatic rings. The molecule has 16 heteroatoms. The number of amides is 3. The molecule has 3 fully saturated rings. The predicted molar refractivity (Wildman–Crippen MR) is 166 cm³/mol. The summed E-state index contributed by atoms with van der Waals surface area (Å²) in [7, 11) is -3.85. The largest absolute Gasteiger partial charge is 0.484 e. The maximum Gasteiger partial charge on any atom is 0.305 e. The Morgan fingerprint density at radius 3 is 2.35 bits per heavy atom. The second-order valence-electron chi connectivity index (χ2n) is 11.9. The number of carboxylic acids is 1. The van der Waals surface area contributed by atoms with Crippen molar-refractivity contribution >= 4 is 62.5 Å². The van der Waals surface area contributed by atoms with Gasteiger partial charge in [0, 0.05) is 28.3 Å². The smallest absolute Gasteiger partial charge is 0.305 e. The van der Waals surface area contributed by atoms with Crippen LogP contribution in [0.1, 0.15) is 29.2 Å². The van der Waals surface area contributed by atoms with Crippen LogP contribution < -0.4 is 20.1 Å². The molecule has 1 saturated heterocycles. The zero-order chi connectivity index (χ0) is 32.5. The number of sulfonamides is 1. The fourth-order valence-electron chi connectivity index (χ4n) is 7.72. The molecule has 7 rings (SSSR count). The van der Waals surface area contributed by atoms with E-state index in [9.17, 15) is 32.4 Å². The molecule has 0 radical (unpaired) electrons. The van der Waals surface area contributed by atoms with Crippen molar-refractivity contribution in [2.75, 3.05) is 18.5 Å². The van der Waals surface area contributed by atoms with E-state index in [4.69, 9.17) is 15.0 Å². The first kappa shape index (κ1) is 30.7. The van der Waals surface area contributed by atoms with Crippen molar-refractivity contribution in [2.45, 2.75) is 33.9 Å². The van der Waals surface area contributed by atoms with Gasteiger partial charge >= 0.3 is 10.8 Å². The van der Waals surface area contributed by atoms with Crippen molar-refractivity contribution in [3.8, 4) is 5.75 Å². The van der Waals surface area contributed by atoms with Crippen molar-refractivity contribution in [2.24, 2.45) is 34.7 Å². The molecule has 6 unspecified atom stereocenters. The number of fused-ring (bicyclic) bond motifs is 9. The molecule has 240 valence electrons. The Kier molecular flexibility index (Phi) is 7.57. The number of thioether (sulfide) groups is 1. The van der Waals surface area contributed by atoms with Gasteiger partial charge in [-0.2, -0.15) is 0 Å². The maximum atomic E-state index is 13.5. The lowest BCUT2D eigenvalue weighted by Gasteiger charge is -2.43. The van der Waals surface area contributed by atoms with E-state index in [0.717, 1.165) is 38.1 Å². The Balaban J connectivity index is 1.08. The van der Waals surface area contributed by atoms with Crippen molar-refractivity contribution in [3.05, 3.63) is 68.6 Å². The summed E-state index contributed by atoms with van der Waals surface area (Å²) in [5.41, 5.74) is 1.30. The first-order valence-electron chi connectivity index (χ1n) is 14.5. The number of ether oxygens (including phenoxy) is 1. The minimum absolute atomic E-state index is 0.00354. The van der Waals surface area contributed by atoms with Crippen LogP contribution in [-0.2, 0) is 29.2 Å². The Morgan fingerprint density at radius 1 is 1.02 bits per heavy atom. The third-order valence-corrected chi connectivity index (χ3v) is 13.0. The van der Waals surface area contributed by atoms with Crippen LogP contribution in [0, 0.1) is 29.6 Å². The van der Waals surface area contributed by atoms with E-state index in [1.54, 1.807) is 23.9 Å². The number of thiazole rings is 1. The lowest BCUT2D eigenvalue weighted by Crippen LogP contribution is -2.42. The summed E-state index contributed by atoms with van der Waals surface area (Å²) in [6.07, 6.45) is 0.429. The predicted octanol–water partition coefficient (Wildman–Crippen LogP) is 2.05. The number of hydrogen-bond acceptors (Lipinski definition) is 10. The Hall–Kier alpha value is -3.99. The van der Waals surface area contributed by atoms with Gasteiger partial charge < -0.3 is 20.1 Å². The summed E-state index contributed by atoms with van der Waals surface area (Å²) in [6.45, 7) is -0.428. The third-order valence-electron chi connectivity index (χ3n) is 9.44. The van der Waals surface area contributed by atoms with Crippen molar-refractivity contribution in [1.29, 1.82) is 0 Å². The van der Waals surface area contributed by atoms with Gasteiger partial charge in [0.15, 0.2) is 6.61 Å². The molecule has 0 spiro atoms. The van der Waals surface area contributed by atoms with Crippen LogP contribution in [-0.4, -0.2) is 65.5 Å². The molecule has 2 bridgehead atoms. The normalized spacial score (nSPS) is 27.7. The number of nitrogens with zero attached hydrogens (tertiary/aromatic N) is 1. The van der Waals surface area contributed by atoms with Gasteiger partial charge in [0.25, 0.3) is 5.91 Å². The van der Waals surface area contributed by atoms with E-state index in [-0.39, 0.29) is 70.1 Å². The van der Waals surface area contributed by atoms with Gasteiger partial charge in [-0.15, -0.1) is 11.8 Å². The number of rotatable bonds is 9. The van der Waals surface area contributed by atoms with Gasteiger partial charge in [-0.05, 0) is 66.1 Å². The number of anilines is 1. The molecule has 3 aromatic rings. The quantitative estimate of drug-likeness (QED) is 0.241. The molecular formula is C30H28N4O9S3. The highest BCUT2D eigenvalue weighted by Crippen LogP contribution is 2.68. The summed E-state index contributed by atoms with van der Waals surface area (Å²) in [6, 6.07) is 12.7. The molecule has 2 aliphatic heterocycles. The van der Waals surface area contributed by atoms with Crippen LogP contribution in [0.5, 0.6) is 5.75 Å². The van der Waals surface area contributed by atoms with Crippen LogP contribution in [0.15, 0.2) is 63.2 Å². The van der Waals surface area contributed by atoms with Crippen molar-refractivity contribution in [1.82, 2.24) is 9.88 Å². The van der Waals surface area contributed by atoms with E-state index < -0.39 is 33.7 Å². The number of H-pyrrole nitrogens is 1. The SMILES string of the molecule is NS(=O)(=O)c1ccc(NC(=O)COc2ccc([C@H]3c4sc(=O)[nH]c4SC4C5CC(C6C(=O)N(CCC(=O)O)C(=O)C56)C43)cc2)cc1. The molecule has 2 saturated carbocycles. The summed E-state index contributed by atoms with van der Waals surface area (Å²) in [5.74, 6) is -2.98. The average molecular weight is 685 g/mol. The van der Waals surface area contributed by atoms with Crippen LogP contribution in [0.3, 0.4) is 0 Å². The molecule has 13 nitrogen and oxygen atoms in total. The highest BCUT2D eigenvalue weighted by molar-refractivity contribution is 8.00. The highest BCUT2D eigenvalue weighted by atomic mass is 32.2. The number of nitrogens with two attached hydrogens (primary N) is 1. The van der Waals surface area contributed by atoms with Gasteiger partial charge in [0.2, 0.25) is 21.8 Å². The summed E-state index contributed by atoms with van der Waals surface area (Å²) >= 11 is 2.72. The van der Waals surface area contributed by atoms with Gasteiger partial charge in [0.1, 0.15) is 5.75 Å². The maximum absolute atomic E-state index is 13.5. The molecule has 7 atom stereocenters. The molecule has 1 aromatic heterocycles. The molecule has 46 heavy (non-hydrogen) atoms. The zero-order valence-corrected chi connectivity index (χ0v) is 26.4. The molecule has 3 heterocycles. The molecule has 5 N–H and O–H groups in total. The molecule has 2 aromatic carbocycles. The minimum Gasteiger partial charge on any atom is -0.484 e. The number of nitrogens with one attached hydrogen (secondary N) is 2. The minimum atomic E-state index is -3.85. The Morgan fingerprint density at radius 2 is 1.70 bits per heavy atom. The van der Waals surface area contributed by atoms with Gasteiger partial charge in [-0.25, -0.2) is 13.6 Å². The van der Waals surface area contributed by atoms with Crippen LogP contribution >= 0.6 is 23.1 Å². The number of primary sulfonamides is 1. The number of carbonyl (C=O) groups is 4. The number of aromatic nitrogens is 1. The van der Waals surface area contributed by atoms with E-state index in [2.05, 4.69) is 10.3 Å². The van der Waals surface area contributed by atoms with E-state index in [1.165, 1.54) is 24.3 Å². The second-order valence-corrected chi connectivity index (χ2v) is 15.7. The fraction of sp³-hybridized carbons (Fsp3) is 0.367. The standard InChI is InChI=1S/C30H28N4O9S3/c31-46(41,42)16-7-3-14(4-8-16)32-19(35)12-43-15-5-1-13(2-6-15)21-22-17-11-18(25(22)44-27-26(21)45-30(40)33-27)24-23(17)28(38)34(29(24)39)10-9-20(36)37/h1-8,17-18,21-25H,9-12H2,(H,32,35)(H,33,40)(H,36,37)(H2,31,41,42)/t17?,18?,21-,22?,23?,24?,25?/m1/s1. The monoisotopic (exact) mass is 684 g/mol. The third kappa shape index (κ3) is 5.22. The van der Waals surface area contributed by atoms with E-state index in [1.807, 2.05) is 12.1 Å². The van der Waals surface area contributed by atoms with Gasteiger partial charge in [0.05, 0.1) is 28.2 Å². The second kappa shape index (κ2) is 11.4. The first-order chi connectivity index (χ1) is 21.9. The zero-order valence-electron chi connectivity index (χ0n) is 24.0. The summed E-state index contributed by atoms with van der Waals surface area (Å²) < 4.78 is 28.6. The molecular weight excluding hydrogens is 657 g/mol. The number of carboxylic acid groups (broad SMARTS) is 1. The lowest BCUT2D eigenvalue weighted by molar-refractivity contribution is -0.142. The Labute approximate surface area is 270 Å². The number of aliphatic carboxylic acids is 1.